The second kappa shape index (κ2) is 5.65. The van der Waals surface area contributed by atoms with Crippen molar-refractivity contribution in [1.82, 2.24) is 4.90 Å². The van der Waals surface area contributed by atoms with Gasteiger partial charge in [0.25, 0.3) is 5.91 Å². The predicted molar refractivity (Wildman–Crippen MR) is 73.5 cm³/mol. The zero-order chi connectivity index (χ0) is 13.1. The van der Waals surface area contributed by atoms with Gasteiger partial charge in [-0.3, -0.25) is 4.79 Å². The van der Waals surface area contributed by atoms with Gasteiger partial charge in [0.2, 0.25) is 0 Å². The van der Waals surface area contributed by atoms with Crippen LogP contribution in [0, 0.1) is 5.41 Å². The molecule has 2 N–H and O–H groups in total. The van der Waals surface area contributed by atoms with Crippen molar-refractivity contribution in [2.75, 3.05) is 20.1 Å². The van der Waals surface area contributed by atoms with Crippen molar-refractivity contribution in [3.8, 4) is 0 Å². The summed E-state index contributed by atoms with van der Waals surface area (Å²) in [5.74, 6) is 0.110. The molecular weight excluding hydrogens is 232 g/mol. The van der Waals surface area contributed by atoms with Crippen molar-refractivity contribution in [3.63, 3.8) is 0 Å². The minimum absolute atomic E-state index is 0.0337. The summed E-state index contributed by atoms with van der Waals surface area (Å²) in [6, 6.07) is 2.03. The first-order chi connectivity index (χ1) is 7.91. The topological polar surface area (TPSA) is 46.3 Å². The highest BCUT2D eigenvalue weighted by molar-refractivity contribution is 7.12. The van der Waals surface area contributed by atoms with E-state index in [1.807, 2.05) is 18.5 Å². The molecule has 0 saturated carbocycles. The van der Waals surface area contributed by atoms with E-state index in [1.54, 1.807) is 4.90 Å². The van der Waals surface area contributed by atoms with E-state index < -0.39 is 0 Å². The fourth-order valence-corrected chi connectivity index (χ4v) is 2.74. The van der Waals surface area contributed by atoms with Gasteiger partial charge in [-0.15, -0.1) is 11.3 Å². The Balaban J connectivity index is 2.77. The highest BCUT2D eigenvalue weighted by Gasteiger charge is 2.23. The molecule has 1 aromatic rings. The zero-order valence-electron chi connectivity index (χ0n) is 11.1. The molecule has 0 radical (unpaired) electrons. The molecule has 96 valence electrons. The molecule has 0 aliphatic carbocycles. The summed E-state index contributed by atoms with van der Waals surface area (Å²) < 4.78 is 0. The molecule has 0 aliphatic heterocycles. The lowest BCUT2D eigenvalue weighted by Crippen LogP contribution is -2.39. The first kappa shape index (κ1) is 14.2. The number of carbonyl (C=O) groups excluding carboxylic acids is 1. The molecule has 0 bridgehead atoms. The van der Waals surface area contributed by atoms with Crippen LogP contribution >= 0.6 is 11.3 Å². The number of thiophene rings is 1. The Labute approximate surface area is 108 Å². The molecule has 0 aromatic carbocycles. The van der Waals surface area contributed by atoms with Crippen LogP contribution in [0.1, 0.15) is 36.0 Å². The summed E-state index contributed by atoms with van der Waals surface area (Å²) in [4.78, 5) is 14.9. The van der Waals surface area contributed by atoms with Crippen LogP contribution in [0.3, 0.4) is 0 Å². The average Bonchev–Trinajstić information content (AvgIpc) is 2.75. The number of nitrogens with two attached hydrogens (primary N) is 1. The van der Waals surface area contributed by atoms with E-state index in [0.717, 1.165) is 16.9 Å². The Morgan fingerprint density at radius 3 is 2.71 bits per heavy atom. The molecule has 1 heterocycles. The number of aryl methyl sites for hydroxylation is 1. The van der Waals surface area contributed by atoms with Crippen LogP contribution in [0.4, 0.5) is 0 Å². The maximum atomic E-state index is 12.3. The first-order valence-electron chi connectivity index (χ1n) is 5.93. The van der Waals surface area contributed by atoms with Gasteiger partial charge in [0.15, 0.2) is 0 Å². The number of amides is 1. The Morgan fingerprint density at radius 2 is 2.18 bits per heavy atom. The molecule has 0 unspecified atom stereocenters. The van der Waals surface area contributed by atoms with Gasteiger partial charge >= 0.3 is 0 Å². The molecule has 0 fully saturated rings. The second-order valence-electron chi connectivity index (χ2n) is 5.16. The van der Waals surface area contributed by atoms with Crippen LogP contribution in [0.25, 0.3) is 0 Å². The Kier molecular flexibility index (Phi) is 4.71. The zero-order valence-corrected chi connectivity index (χ0v) is 11.9. The van der Waals surface area contributed by atoms with E-state index in [0.29, 0.717) is 13.1 Å². The number of nitrogens with zero attached hydrogens (tertiary/aromatic N) is 1. The van der Waals surface area contributed by atoms with Crippen LogP contribution in [-0.4, -0.2) is 30.9 Å². The minimum Gasteiger partial charge on any atom is -0.340 e. The van der Waals surface area contributed by atoms with Crippen molar-refractivity contribution < 1.29 is 4.79 Å². The summed E-state index contributed by atoms with van der Waals surface area (Å²) >= 11 is 1.52. The van der Waals surface area contributed by atoms with Gasteiger partial charge in [0.05, 0.1) is 4.88 Å². The molecule has 4 heteroatoms. The molecule has 17 heavy (non-hydrogen) atoms. The monoisotopic (exact) mass is 254 g/mol. The highest BCUT2D eigenvalue weighted by Crippen LogP contribution is 2.21. The summed E-state index contributed by atoms with van der Waals surface area (Å²) in [5, 5.41) is 1.98. The van der Waals surface area contributed by atoms with E-state index in [1.165, 1.54) is 11.3 Å². The third-order valence-electron chi connectivity index (χ3n) is 2.89. The van der Waals surface area contributed by atoms with Gasteiger partial charge in [0, 0.05) is 13.6 Å². The fraction of sp³-hybridized carbons (Fsp3) is 0.615. The minimum atomic E-state index is -0.0337. The van der Waals surface area contributed by atoms with Gasteiger partial charge < -0.3 is 10.6 Å². The lowest BCUT2D eigenvalue weighted by Gasteiger charge is -2.29. The molecule has 0 spiro atoms. The standard InChI is InChI=1S/C13H22N2OS/c1-5-10-6-7-17-11(10)12(16)15(4)9-13(2,3)8-14/h6-7H,5,8-9,14H2,1-4H3. The van der Waals surface area contributed by atoms with Crippen molar-refractivity contribution >= 4 is 17.2 Å². The predicted octanol–water partition coefficient (Wildman–Crippen LogP) is 2.37. The molecular formula is C13H22N2OS. The summed E-state index contributed by atoms with van der Waals surface area (Å²) in [5.41, 5.74) is 6.80. The SMILES string of the molecule is CCc1ccsc1C(=O)N(C)CC(C)(C)CN. The van der Waals surface area contributed by atoms with E-state index in [9.17, 15) is 4.79 Å². The summed E-state index contributed by atoms with van der Waals surface area (Å²) in [7, 11) is 1.85. The number of hydrogen-bond acceptors (Lipinski definition) is 3. The molecule has 3 nitrogen and oxygen atoms in total. The number of carbonyl (C=O) groups is 1. The van der Waals surface area contributed by atoms with Gasteiger partial charge in [-0.1, -0.05) is 20.8 Å². The van der Waals surface area contributed by atoms with E-state index in [2.05, 4.69) is 20.8 Å². The van der Waals surface area contributed by atoms with Crippen molar-refractivity contribution in [1.29, 1.82) is 0 Å². The maximum absolute atomic E-state index is 12.3. The van der Waals surface area contributed by atoms with Gasteiger partial charge in [-0.25, -0.2) is 0 Å². The van der Waals surface area contributed by atoms with Gasteiger partial charge in [-0.05, 0) is 35.4 Å². The van der Waals surface area contributed by atoms with E-state index in [4.69, 9.17) is 5.73 Å². The first-order valence-corrected chi connectivity index (χ1v) is 6.81. The number of hydrogen-bond donors (Lipinski definition) is 1. The van der Waals surface area contributed by atoms with Crippen molar-refractivity contribution in [3.05, 3.63) is 21.9 Å². The number of rotatable bonds is 5. The van der Waals surface area contributed by atoms with Crippen molar-refractivity contribution in [2.45, 2.75) is 27.2 Å². The summed E-state index contributed by atoms with van der Waals surface area (Å²) in [6.45, 7) is 7.49. The average molecular weight is 254 g/mol. The molecule has 1 aromatic heterocycles. The quantitative estimate of drug-likeness (QED) is 0.877. The maximum Gasteiger partial charge on any atom is 0.263 e. The van der Waals surface area contributed by atoms with Crippen LogP contribution in [0.5, 0.6) is 0 Å². The highest BCUT2D eigenvalue weighted by atomic mass is 32.1. The Morgan fingerprint density at radius 1 is 1.53 bits per heavy atom. The van der Waals surface area contributed by atoms with Crippen LogP contribution < -0.4 is 5.73 Å². The largest absolute Gasteiger partial charge is 0.340 e. The van der Waals surface area contributed by atoms with Gasteiger partial charge in [-0.2, -0.15) is 0 Å². The Hall–Kier alpha value is -0.870. The molecule has 1 rings (SSSR count). The van der Waals surface area contributed by atoms with Crippen molar-refractivity contribution in [2.24, 2.45) is 11.1 Å². The lowest BCUT2D eigenvalue weighted by atomic mass is 9.93. The molecule has 1 amide bonds. The van der Waals surface area contributed by atoms with Crippen LogP contribution in [-0.2, 0) is 6.42 Å². The lowest BCUT2D eigenvalue weighted by molar-refractivity contribution is 0.0744. The smallest absolute Gasteiger partial charge is 0.263 e. The summed E-state index contributed by atoms with van der Waals surface area (Å²) in [6.07, 6.45) is 0.901. The third kappa shape index (κ3) is 3.54. The molecule has 0 atom stereocenters. The second-order valence-corrected chi connectivity index (χ2v) is 6.07. The van der Waals surface area contributed by atoms with Gasteiger partial charge in [0.1, 0.15) is 0 Å². The van der Waals surface area contributed by atoms with E-state index >= 15 is 0 Å². The van der Waals surface area contributed by atoms with Crippen LogP contribution in [0.15, 0.2) is 11.4 Å². The van der Waals surface area contributed by atoms with Crippen LogP contribution in [0.2, 0.25) is 0 Å². The molecule has 0 saturated heterocycles. The fourth-order valence-electron chi connectivity index (χ4n) is 1.75. The molecule has 0 aliphatic rings. The normalized spacial score (nSPS) is 11.6. The Bertz CT molecular complexity index is 385. The van der Waals surface area contributed by atoms with E-state index in [-0.39, 0.29) is 11.3 Å². The third-order valence-corrected chi connectivity index (χ3v) is 3.83.